The SMILES string of the molecule is Cc1cc(Cl)ccc1NC(=O)C(=O)N/N=C\c1ccc(C(C)(C)C)cc1. The van der Waals surface area contributed by atoms with Gasteiger partial charge in [0.15, 0.2) is 0 Å². The molecule has 136 valence electrons. The van der Waals surface area contributed by atoms with Crippen molar-refractivity contribution in [3.05, 3.63) is 64.2 Å². The zero-order valence-electron chi connectivity index (χ0n) is 15.3. The van der Waals surface area contributed by atoms with Crippen LogP contribution in [0.1, 0.15) is 37.5 Å². The summed E-state index contributed by atoms with van der Waals surface area (Å²) in [5.41, 5.74) is 5.61. The second-order valence-corrected chi connectivity index (χ2v) is 7.42. The van der Waals surface area contributed by atoms with Gasteiger partial charge in [0.2, 0.25) is 0 Å². The Morgan fingerprint density at radius 3 is 2.27 bits per heavy atom. The Balaban J connectivity index is 1.93. The number of carbonyl (C=O) groups is 2. The zero-order chi connectivity index (χ0) is 19.3. The van der Waals surface area contributed by atoms with Crippen LogP contribution in [0.5, 0.6) is 0 Å². The van der Waals surface area contributed by atoms with E-state index in [1.54, 1.807) is 25.1 Å². The van der Waals surface area contributed by atoms with Crippen molar-refractivity contribution in [2.45, 2.75) is 33.1 Å². The lowest BCUT2D eigenvalue weighted by atomic mass is 9.87. The summed E-state index contributed by atoms with van der Waals surface area (Å²) in [7, 11) is 0. The predicted molar refractivity (Wildman–Crippen MR) is 106 cm³/mol. The van der Waals surface area contributed by atoms with Crippen molar-refractivity contribution < 1.29 is 9.59 Å². The standard InChI is InChI=1S/C20H22ClN3O2/c1-13-11-16(21)9-10-17(13)23-18(25)19(26)24-22-12-14-5-7-15(8-6-14)20(2,3)4/h5-12H,1-4H3,(H,23,25)(H,24,26)/b22-12-. The molecule has 2 rings (SSSR count). The summed E-state index contributed by atoms with van der Waals surface area (Å²) < 4.78 is 0. The number of hydrogen-bond acceptors (Lipinski definition) is 3. The molecule has 0 spiro atoms. The second kappa shape index (κ2) is 8.15. The van der Waals surface area contributed by atoms with Crippen molar-refractivity contribution in [2.24, 2.45) is 5.10 Å². The molecule has 0 aliphatic rings. The molecule has 2 aromatic carbocycles. The topological polar surface area (TPSA) is 70.6 Å². The van der Waals surface area contributed by atoms with Crippen LogP contribution in [0.25, 0.3) is 0 Å². The van der Waals surface area contributed by atoms with E-state index in [2.05, 4.69) is 36.6 Å². The first kappa shape index (κ1) is 19.7. The fourth-order valence-corrected chi connectivity index (χ4v) is 2.46. The van der Waals surface area contributed by atoms with E-state index >= 15 is 0 Å². The molecule has 0 radical (unpaired) electrons. The Bertz CT molecular complexity index is 837. The highest BCUT2D eigenvalue weighted by atomic mass is 35.5. The minimum absolute atomic E-state index is 0.0712. The van der Waals surface area contributed by atoms with Crippen LogP contribution in [0.15, 0.2) is 47.6 Å². The summed E-state index contributed by atoms with van der Waals surface area (Å²) in [6, 6.07) is 12.8. The van der Waals surface area contributed by atoms with E-state index < -0.39 is 11.8 Å². The summed E-state index contributed by atoms with van der Waals surface area (Å²) in [5, 5.41) is 6.91. The number of halogens is 1. The molecule has 2 amide bonds. The van der Waals surface area contributed by atoms with Gasteiger partial charge in [0.25, 0.3) is 0 Å². The third-order valence-corrected chi connectivity index (χ3v) is 4.03. The van der Waals surface area contributed by atoms with E-state index in [1.165, 1.54) is 11.8 Å². The first-order chi connectivity index (χ1) is 12.2. The van der Waals surface area contributed by atoms with Crippen LogP contribution in [0.2, 0.25) is 5.02 Å². The molecular weight excluding hydrogens is 350 g/mol. The maximum Gasteiger partial charge on any atom is 0.329 e. The van der Waals surface area contributed by atoms with Gasteiger partial charge in [0, 0.05) is 10.7 Å². The van der Waals surface area contributed by atoms with Gasteiger partial charge in [-0.25, -0.2) is 5.43 Å². The van der Waals surface area contributed by atoms with Gasteiger partial charge in [0.05, 0.1) is 6.21 Å². The summed E-state index contributed by atoms with van der Waals surface area (Å²) >= 11 is 5.87. The predicted octanol–water partition coefficient (Wildman–Crippen LogP) is 4.03. The third kappa shape index (κ3) is 5.43. The largest absolute Gasteiger partial charge is 0.329 e. The molecule has 6 heteroatoms. The fourth-order valence-electron chi connectivity index (χ4n) is 2.23. The first-order valence-electron chi connectivity index (χ1n) is 8.18. The van der Waals surface area contributed by atoms with Crippen LogP contribution in [0.3, 0.4) is 0 Å². The Morgan fingerprint density at radius 1 is 1.04 bits per heavy atom. The van der Waals surface area contributed by atoms with E-state index in [-0.39, 0.29) is 5.41 Å². The lowest BCUT2D eigenvalue weighted by Gasteiger charge is -2.18. The van der Waals surface area contributed by atoms with Crippen molar-refractivity contribution in [3.8, 4) is 0 Å². The number of amides is 2. The van der Waals surface area contributed by atoms with Gasteiger partial charge in [-0.2, -0.15) is 5.10 Å². The monoisotopic (exact) mass is 371 g/mol. The maximum atomic E-state index is 11.9. The lowest BCUT2D eigenvalue weighted by Crippen LogP contribution is -2.32. The van der Waals surface area contributed by atoms with Crippen LogP contribution >= 0.6 is 11.6 Å². The van der Waals surface area contributed by atoms with Gasteiger partial charge >= 0.3 is 11.8 Å². The summed E-state index contributed by atoms with van der Waals surface area (Å²) in [6.45, 7) is 8.20. The third-order valence-electron chi connectivity index (χ3n) is 3.80. The van der Waals surface area contributed by atoms with E-state index in [9.17, 15) is 9.59 Å². The van der Waals surface area contributed by atoms with Crippen molar-refractivity contribution >= 4 is 35.3 Å². The molecule has 0 saturated carbocycles. The average molecular weight is 372 g/mol. The molecule has 5 nitrogen and oxygen atoms in total. The number of nitrogens with zero attached hydrogens (tertiary/aromatic N) is 1. The normalized spacial score (nSPS) is 11.4. The molecule has 0 aromatic heterocycles. The van der Waals surface area contributed by atoms with Crippen molar-refractivity contribution in [1.82, 2.24) is 5.43 Å². The second-order valence-electron chi connectivity index (χ2n) is 6.98. The van der Waals surface area contributed by atoms with Crippen molar-refractivity contribution in [1.29, 1.82) is 0 Å². The van der Waals surface area contributed by atoms with Gasteiger partial charge < -0.3 is 5.32 Å². The Hall–Kier alpha value is -2.66. The lowest BCUT2D eigenvalue weighted by molar-refractivity contribution is -0.136. The summed E-state index contributed by atoms with van der Waals surface area (Å²) in [5.74, 6) is -1.64. The molecule has 2 N–H and O–H groups in total. The molecule has 0 saturated heterocycles. The zero-order valence-corrected chi connectivity index (χ0v) is 16.0. The Labute approximate surface area is 158 Å². The van der Waals surface area contributed by atoms with Crippen LogP contribution in [0.4, 0.5) is 5.69 Å². The van der Waals surface area contributed by atoms with Crippen molar-refractivity contribution in [2.75, 3.05) is 5.32 Å². The summed E-state index contributed by atoms with van der Waals surface area (Å²) in [4.78, 5) is 23.8. The molecule has 0 fully saturated rings. The minimum Gasteiger partial charge on any atom is -0.317 e. The van der Waals surface area contributed by atoms with E-state index in [0.717, 1.165) is 11.1 Å². The van der Waals surface area contributed by atoms with Crippen LogP contribution in [-0.4, -0.2) is 18.0 Å². The molecule has 0 heterocycles. The number of rotatable bonds is 3. The van der Waals surface area contributed by atoms with Gasteiger partial charge in [0.1, 0.15) is 0 Å². The number of hydrazone groups is 1. The van der Waals surface area contributed by atoms with Gasteiger partial charge in [-0.3, -0.25) is 9.59 Å². The quantitative estimate of drug-likeness (QED) is 0.485. The molecule has 0 bridgehead atoms. The molecule has 0 aliphatic heterocycles. The molecule has 0 unspecified atom stereocenters. The van der Waals surface area contributed by atoms with Crippen LogP contribution in [0, 0.1) is 6.92 Å². The van der Waals surface area contributed by atoms with E-state index in [4.69, 9.17) is 11.6 Å². The number of aryl methyl sites for hydroxylation is 1. The smallest absolute Gasteiger partial charge is 0.317 e. The average Bonchev–Trinajstić information content (AvgIpc) is 2.57. The molecule has 26 heavy (non-hydrogen) atoms. The van der Waals surface area contributed by atoms with Crippen LogP contribution in [-0.2, 0) is 15.0 Å². The van der Waals surface area contributed by atoms with Gasteiger partial charge in [-0.05, 0) is 47.2 Å². The number of benzene rings is 2. The maximum absolute atomic E-state index is 11.9. The minimum atomic E-state index is -0.845. The number of nitrogens with one attached hydrogen (secondary N) is 2. The van der Waals surface area contributed by atoms with Crippen LogP contribution < -0.4 is 10.7 Å². The highest BCUT2D eigenvalue weighted by molar-refractivity contribution is 6.39. The highest BCUT2D eigenvalue weighted by Gasteiger charge is 2.14. The summed E-state index contributed by atoms with van der Waals surface area (Å²) in [6.07, 6.45) is 1.49. The van der Waals surface area contributed by atoms with Gasteiger partial charge in [-0.1, -0.05) is 56.6 Å². The number of anilines is 1. The first-order valence-corrected chi connectivity index (χ1v) is 8.56. The van der Waals surface area contributed by atoms with Crippen molar-refractivity contribution in [3.63, 3.8) is 0 Å². The van der Waals surface area contributed by atoms with Gasteiger partial charge in [-0.15, -0.1) is 0 Å². The molecule has 0 atom stereocenters. The number of carbonyl (C=O) groups excluding carboxylic acids is 2. The molecular formula is C20H22ClN3O2. The Morgan fingerprint density at radius 2 is 1.69 bits per heavy atom. The highest BCUT2D eigenvalue weighted by Crippen LogP contribution is 2.22. The Kier molecular flexibility index (Phi) is 6.16. The number of hydrogen-bond donors (Lipinski definition) is 2. The van der Waals surface area contributed by atoms with E-state index in [0.29, 0.717) is 10.7 Å². The fraction of sp³-hybridized carbons (Fsp3) is 0.250. The molecule has 0 aliphatic carbocycles. The van der Waals surface area contributed by atoms with E-state index in [1.807, 2.05) is 24.3 Å². The molecule has 2 aromatic rings.